The lowest BCUT2D eigenvalue weighted by Crippen LogP contribution is -2.14. The highest BCUT2D eigenvalue weighted by molar-refractivity contribution is 5.85. The van der Waals surface area contributed by atoms with Gasteiger partial charge in [0.05, 0.1) is 4.92 Å². The van der Waals surface area contributed by atoms with E-state index in [0.29, 0.717) is 18.5 Å². The van der Waals surface area contributed by atoms with Crippen LogP contribution in [0.15, 0.2) is 24.3 Å². The number of nitrogens with zero attached hydrogens (tertiary/aromatic N) is 1. The lowest BCUT2D eigenvalue weighted by atomic mass is 10.0. The third-order valence-electron chi connectivity index (χ3n) is 2.25. The molecule has 0 bridgehead atoms. The maximum atomic E-state index is 10.7. The van der Waals surface area contributed by atoms with Crippen molar-refractivity contribution in [3.8, 4) is 0 Å². The summed E-state index contributed by atoms with van der Waals surface area (Å²) in [6, 6.07) is 6.24. The van der Waals surface area contributed by atoms with Gasteiger partial charge in [0.1, 0.15) is 0 Å². The van der Waals surface area contributed by atoms with E-state index in [1.807, 2.05) is 0 Å². The molecule has 1 aromatic rings. The zero-order valence-corrected chi connectivity index (χ0v) is 9.65. The van der Waals surface area contributed by atoms with E-state index in [1.165, 1.54) is 6.07 Å². The molecule has 1 rings (SSSR count). The fraction of sp³-hybridized carbons (Fsp3) is 0.400. The van der Waals surface area contributed by atoms with Crippen LogP contribution in [0.1, 0.15) is 24.4 Å². The predicted octanol–water partition coefficient (Wildman–Crippen LogP) is 1.76. The van der Waals surface area contributed by atoms with Crippen molar-refractivity contribution in [3.05, 3.63) is 39.9 Å². The van der Waals surface area contributed by atoms with Crippen LogP contribution in [-0.4, -0.2) is 11.5 Å². The Kier molecular flexibility index (Phi) is 6.64. The summed E-state index contributed by atoms with van der Waals surface area (Å²) in [6.45, 7) is 0.550. The first-order chi connectivity index (χ1) is 7.16. The highest BCUT2D eigenvalue weighted by Crippen LogP contribution is 2.25. The summed E-state index contributed by atoms with van der Waals surface area (Å²) in [6.07, 6.45) is 1.44. The Balaban J connectivity index is 0.00000225. The van der Waals surface area contributed by atoms with Gasteiger partial charge >= 0.3 is 0 Å². The molecular weight excluding hydrogens is 230 g/mol. The second-order valence-corrected chi connectivity index (χ2v) is 3.35. The zero-order chi connectivity index (χ0) is 11.3. The molecule has 0 heterocycles. The van der Waals surface area contributed by atoms with Gasteiger partial charge in [-0.1, -0.05) is 18.2 Å². The van der Waals surface area contributed by atoms with Gasteiger partial charge in [-0.15, -0.1) is 12.4 Å². The Morgan fingerprint density at radius 3 is 2.56 bits per heavy atom. The third-order valence-corrected chi connectivity index (χ3v) is 2.25. The summed E-state index contributed by atoms with van der Waals surface area (Å²) >= 11 is 0. The van der Waals surface area contributed by atoms with Gasteiger partial charge in [0.2, 0.25) is 0 Å². The Hall–Kier alpha value is -1.17. The van der Waals surface area contributed by atoms with Crippen LogP contribution in [0.5, 0.6) is 0 Å². The SMILES string of the molecule is Cl.NCCCC(N)c1ccccc1[N+](=O)[O-]. The third kappa shape index (κ3) is 3.77. The molecule has 6 heteroatoms. The molecule has 0 fully saturated rings. The fourth-order valence-corrected chi connectivity index (χ4v) is 1.46. The number of para-hydroxylation sites is 1. The number of nitro groups is 1. The van der Waals surface area contributed by atoms with Crippen LogP contribution in [0.4, 0.5) is 5.69 Å². The number of nitrogens with two attached hydrogens (primary N) is 2. The first kappa shape index (κ1) is 14.8. The van der Waals surface area contributed by atoms with E-state index in [9.17, 15) is 10.1 Å². The first-order valence-electron chi connectivity index (χ1n) is 4.85. The molecule has 0 spiro atoms. The van der Waals surface area contributed by atoms with Crippen LogP contribution in [0, 0.1) is 10.1 Å². The zero-order valence-electron chi connectivity index (χ0n) is 8.83. The molecule has 1 unspecified atom stereocenters. The quantitative estimate of drug-likeness (QED) is 0.610. The smallest absolute Gasteiger partial charge is 0.274 e. The Morgan fingerprint density at radius 1 is 1.38 bits per heavy atom. The predicted molar refractivity (Wildman–Crippen MR) is 65.6 cm³/mol. The lowest BCUT2D eigenvalue weighted by Gasteiger charge is -2.11. The first-order valence-corrected chi connectivity index (χ1v) is 4.85. The summed E-state index contributed by atoms with van der Waals surface area (Å²) in [7, 11) is 0. The normalized spacial score (nSPS) is 11.6. The monoisotopic (exact) mass is 245 g/mol. The highest BCUT2D eigenvalue weighted by atomic mass is 35.5. The lowest BCUT2D eigenvalue weighted by molar-refractivity contribution is -0.385. The number of rotatable bonds is 5. The minimum absolute atomic E-state index is 0. The van der Waals surface area contributed by atoms with Crippen molar-refractivity contribution in [2.24, 2.45) is 11.5 Å². The Morgan fingerprint density at radius 2 is 2.00 bits per heavy atom. The second kappa shape index (κ2) is 7.16. The van der Waals surface area contributed by atoms with E-state index < -0.39 is 4.92 Å². The minimum Gasteiger partial charge on any atom is -0.330 e. The molecule has 0 aliphatic carbocycles. The van der Waals surface area contributed by atoms with Gasteiger partial charge in [-0.25, -0.2) is 0 Å². The van der Waals surface area contributed by atoms with E-state index in [4.69, 9.17) is 11.5 Å². The number of benzene rings is 1. The molecule has 90 valence electrons. The summed E-state index contributed by atoms with van der Waals surface area (Å²) in [5.41, 5.74) is 11.9. The molecule has 1 aromatic carbocycles. The van der Waals surface area contributed by atoms with Crippen LogP contribution in [0.25, 0.3) is 0 Å². The molecule has 0 aromatic heterocycles. The average molecular weight is 246 g/mol. The van der Waals surface area contributed by atoms with Gasteiger partial charge in [-0.05, 0) is 19.4 Å². The van der Waals surface area contributed by atoms with Crippen molar-refractivity contribution in [2.75, 3.05) is 6.54 Å². The van der Waals surface area contributed by atoms with E-state index in [2.05, 4.69) is 0 Å². The van der Waals surface area contributed by atoms with Crippen LogP contribution in [-0.2, 0) is 0 Å². The summed E-state index contributed by atoms with van der Waals surface area (Å²) in [5, 5.41) is 10.7. The minimum atomic E-state index is -0.405. The number of halogens is 1. The number of hydrogen-bond acceptors (Lipinski definition) is 4. The largest absolute Gasteiger partial charge is 0.330 e. The molecule has 0 saturated heterocycles. The van der Waals surface area contributed by atoms with Gasteiger partial charge in [0.25, 0.3) is 5.69 Å². The van der Waals surface area contributed by atoms with E-state index in [-0.39, 0.29) is 24.1 Å². The molecule has 0 saturated carbocycles. The number of hydrogen-bond donors (Lipinski definition) is 2. The fourth-order valence-electron chi connectivity index (χ4n) is 1.46. The van der Waals surface area contributed by atoms with Crippen molar-refractivity contribution in [1.82, 2.24) is 0 Å². The maximum absolute atomic E-state index is 10.7. The van der Waals surface area contributed by atoms with Crippen molar-refractivity contribution < 1.29 is 4.92 Å². The molecule has 0 aliphatic heterocycles. The molecule has 0 radical (unpaired) electrons. The van der Waals surface area contributed by atoms with Crippen molar-refractivity contribution in [1.29, 1.82) is 0 Å². The van der Waals surface area contributed by atoms with Gasteiger partial charge in [-0.3, -0.25) is 10.1 Å². The maximum Gasteiger partial charge on any atom is 0.274 e. The van der Waals surface area contributed by atoms with E-state index >= 15 is 0 Å². The van der Waals surface area contributed by atoms with Crippen molar-refractivity contribution in [2.45, 2.75) is 18.9 Å². The van der Waals surface area contributed by atoms with Crippen LogP contribution in [0.2, 0.25) is 0 Å². The van der Waals surface area contributed by atoms with E-state index in [1.54, 1.807) is 18.2 Å². The van der Waals surface area contributed by atoms with Gasteiger partial charge in [0.15, 0.2) is 0 Å². The summed E-state index contributed by atoms with van der Waals surface area (Å²) < 4.78 is 0. The summed E-state index contributed by atoms with van der Waals surface area (Å²) in [4.78, 5) is 10.3. The molecule has 5 nitrogen and oxygen atoms in total. The van der Waals surface area contributed by atoms with Crippen LogP contribution < -0.4 is 11.5 Å². The van der Waals surface area contributed by atoms with Crippen molar-refractivity contribution in [3.63, 3.8) is 0 Å². The van der Waals surface area contributed by atoms with Crippen molar-refractivity contribution >= 4 is 18.1 Å². The van der Waals surface area contributed by atoms with E-state index in [0.717, 1.165) is 6.42 Å². The summed E-state index contributed by atoms with van der Waals surface area (Å²) in [5.74, 6) is 0. The van der Waals surface area contributed by atoms with Crippen LogP contribution >= 0.6 is 12.4 Å². The Bertz CT molecular complexity index is 347. The molecule has 1 atom stereocenters. The second-order valence-electron chi connectivity index (χ2n) is 3.35. The van der Waals surface area contributed by atoms with Gasteiger partial charge in [0, 0.05) is 17.7 Å². The van der Waals surface area contributed by atoms with Gasteiger partial charge < -0.3 is 11.5 Å². The van der Waals surface area contributed by atoms with Crippen LogP contribution in [0.3, 0.4) is 0 Å². The Labute approximate surface area is 100 Å². The average Bonchev–Trinajstić information content (AvgIpc) is 2.25. The molecule has 16 heavy (non-hydrogen) atoms. The number of nitro benzene ring substituents is 1. The molecule has 0 amide bonds. The molecule has 4 N–H and O–H groups in total. The molecule has 0 aliphatic rings. The standard InChI is InChI=1S/C10H15N3O2.ClH/c11-7-3-5-9(12)8-4-1-2-6-10(8)13(14)15;/h1-2,4,6,9H,3,5,7,11-12H2;1H. The van der Waals surface area contributed by atoms with Gasteiger partial charge in [-0.2, -0.15) is 0 Å². The topological polar surface area (TPSA) is 95.2 Å². The molecular formula is C10H16ClN3O2. The highest BCUT2D eigenvalue weighted by Gasteiger charge is 2.17.